The third-order valence-corrected chi connectivity index (χ3v) is 4.87. The average Bonchev–Trinajstić information content (AvgIpc) is 2.52. The molecule has 4 nitrogen and oxygen atoms in total. The Kier molecular flexibility index (Phi) is 7.14. The molecule has 1 aliphatic rings. The number of rotatable bonds is 7. The number of amides is 1. The summed E-state index contributed by atoms with van der Waals surface area (Å²) in [7, 11) is 0. The van der Waals surface area contributed by atoms with E-state index in [4.69, 9.17) is 16.3 Å². The number of likely N-dealkylation sites (tertiary alicyclic amines) is 1. The van der Waals surface area contributed by atoms with Crippen LogP contribution in [0.2, 0.25) is 5.02 Å². The van der Waals surface area contributed by atoms with Gasteiger partial charge in [0.05, 0.1) is 0 Å². The maximum Gasteiger partial charge on any atom is 0.263 e. The average molecular weight is 367 g/mol. The molecule has 1 amide bonds. The van der Waals surface area contributed by atoms with Crippen molar-refractivity contribution < 1.29 is 9.53 Å². The summed E-state index contributed by atoms with van der Waals surface area (Å²) in [6, 6.07) is 7.06. The molecule has 0 aliphatic carbocycles. The highest BCUT2D eigenvalue weighted by atomic mass is 35.5. The molecule has 1 aromatic rings. The van der Waals surface area contributed by atoms with Gasteiger partial charge in [0.1, 0.15) is 5.75 Å². The number of benzene rings is 1. The van der Waals surface area contributed by atoms with E-state index in [-0.39, 0.29) is 5.91 Å². The zero-order valence-electron chi connectivity index (χ0n) is 15.8. The number of nitrogens with zero attached hydrogens (tertiary/aromatic N) is 1. The third kappa shape index (κ3) is 6.52. The van der Waals surface area contributed by atoms with Gasteiger partial charge in [-0.3, -0.25) is 4.79 Å². The van der Waals surface area contributed by atoms with Crippen LogP contribution < -0.4 is 10.1 Å². The Balaban J connectivity index is 1.72. The number of piperidine rings is 1. The molecule has 1 aliphatic heterocycles. The van der Waals surface area contributed by atoms with Crippen molar-refractivity contribution in [3.63, 3.8) is 0 Å². The molecule has 1 aromatic carbocycles. The first-order valence-electron chi connectivity index (χ1n) is 9.21. The second-order valence-electron chi connectivity index (χ2n) is 7.88. The Morgan fingerprint density at radius 3 is 2.44 bits per heavy atom. The molecule has 5 heteroatoms. The van der Waals surface area contributed by atoms with Gasteiger partial charge in [0.25, 0.3) is 5.91 Å². The van der Waals surface area contributed by atoms with E-state index in [9.17, 15) is 4.79 Å². The summed E-state index contributed by atoms with van der Waals surface area (Å²) >= 11 is 5.87. The lowest BCUT2D eigenvalue weighted by atomic mass is 9.92. The molecule has 2 rings (SSSR count). The first kappa shape index (κ1) is 20.1. The summed E-state index contributed by atoms with van der Waals surface area (Å²) in [6.45, 7) is 12.3. The summed E-state index contributed by atoms with van der Waals surface area (Å²) in [5, 5.41) is 3.65. The summed E-state index contributed by atoms with van der Waals surface area (Å²) in [4.78, 5) is 14.9. The van der Waals surface area contributed by atoms with Gasteiger partial charge in [0.2, 0.25) is 0 Å². The lowest BCUT2D eigenvalue weighted by molar-refractivity contribution is -0.134. The molecule has 25 heavy (non-hydrogen) atoms. The lowest BCUT2D eigenvalue weighted by Crippen LogP contribution is -2.47. The number of carbonyl (C=O) groups is 1. The van der Waals surface area contributed by atoms with E-state index in [1.54, 1.807) is 38.1 Å². The first-order chi connectivity index (χ1) is 11.8. The van der Waals surface area contributed by atoms with Crippen LogP contribution in [-0.4, -0.2) is 42.6 Å². The van der Waals surface area contributed by atoms with Crippen molar-refractivity contribution >= 4 is 17.5 Å². The topological polar surface area (TPSA) is 41.6 Å². The first-order valence-corrected chi connectivity index (χ1v) is 9.59. The van der Waals surface area contributed by atoms with E-state index < -0.39 is 5.60 Å². The SMILES string of the molecule is C[C@@H]1C[C@H](C)CN(CCCNC(=O)C(C)(C)Oc2ccc(Cl)cc2)C1. The quantitative estimate of drug-likeness (QED) is 0.742. The summed E-state index contributed by atoms with van der Waals surface area (Å²) in [6.07, 6.45) is 2.28. The monoisotopic (exact) mass is 366 g/mol. The smallest absolute Gasteiger partial charge is 0.263 e. The molecule has 0 aromatic heterocycles. The molecule has 1 fully saturated rings. The van der Waals surface area contributed by atoms with Gasteiger partial charge in [0, 0.05) is 24.7 Å². The van der Waals surface area contributed by atoms with Gasteiger partial charge in [0.15, 0.2) is 5.60 Å². The molecule has 0 bridgehead atoms. The number of hydrogen-bond donors (Lipinski definition) is 1. The fraction of sp³-hybridized carbons (Fsp3) is 0.650. The van der Waals surface area contributed by atoms with E-state index in [0.717, 1.165) is 24.8 Å². The fourth-order valence-electron chi connectivity index (χ4n) is 3.54. The molecule has 140 valence electrons. The van der Waals surface area contributed by atoms with Crippen molar-refractivity contribution in [3.05, 3.63) is 29.3 Å². The maximum absolute atomic E-state index is 12.4. The lowest BCUT2D eigenvalue weighted by Gasteiger charge is -2.35. The third-order valence-electron chi connectivity index (χ3n) is 4.61. The van der Waals surface area contributed by atoms with Crippen LogP contribution in [0.1, 0.15) is 40.5 Å². The van der Waals surface area contributed by atoms with E-state index >= 15 is 0 Å². The Bertz CT molecular complexity index is 549. The number of hydrogen-bond acceptors (Lipinski definition) is 3. The van der Waals surface area contributed by atoms with Gasteiger partial charge in [-0.2, -0.15) is 0 Å². The normalized spacial score (nSPS) is 21.8. The zero-order valence-corrected chi connectivity index (χ0v) is 16.6. The van der Waals surface area contributed by atoms with Gasteiger partial charge < -0.3 is 15.0 Å². The van der Waals surface area contributed by atoms with Gasteiger partial charge in [-0.25, -0.2) is 0 Å². The standard InChI is InChI=1S/C20H31ClN2O2/c1-15-12-16(2)14-23(13-15)11-5-10-22-19(24)20(3,4)25-18-8-6-17(21)7-9-18/h6-9,15-16H,5,10-14H2,1-4H3,(H,22,24)/t15-,16+. The van der Waals surface area contributed by atoms with Crippen LogP contribution in [0.15, 0.2) is 24.3 Å². The summed E-state index contributed by atoms with van der Waals surface area (Å²) in [5.41, 5.74) is -0.915. The number of halogens is 1. The van der Waals surface area contributed by atoms with E-state index in [2.05, 4.69) is 24.1 Å². The van der Waals surface area contributed by atoms with Gasteiger partial charge in [-0.15, -0.1) is 0 Å². The van der Waals surface area contributed by atoms with Crippen LogP contribution in [0.3, 0.4) is 0 Å². The summed E-state index contributed by atoms with van der Waals surface area (Å²) in [5.74, 6) is 2.08. The van der Waals surface area contributed by atoms with Crippen molar-refractivity contribution in [1.29, 1.82) is 0 Å². The predicted octanol–water partition coefficient (Wildman–Crippen LogP) is 3.98. The number of nitrogens with one attached hydrogen (secondary N) is 1. The Labute approximate surface area is 156 Å². The van der Waals surface area contributed by atoms with Crippen LogP contribution in [0.4, 0.5) is 0 Å². The van der Waals surface area contributed by atoms with Gasteiger partial charge in [-0.05, 0) is 69.3 Å². The van der Waals surface area contributed by atoms with E-state index in [1.807, 2.05) is 0 Å². The van der Waals surface area contributed by atoms with Crippen molar-refractivity contribution in [3.8, 4) is 5.75 Å². The minimum Gasteiger partial charge on any atom is -0.478 e. The Morgan fingerprint density at radius 2 is 1.84 bits per heavy atom. The van der Waals surface area contributed by atoms with Crippen molar-refractivity contribution in [2.45, 2.75) is 46.1 Å². The minimum absolute atomic E-state index is 0.0946. The second kappa shape index (κ2) is 8.91. The predicted molar refractivity (Wildman–Crippen MR) is 103 cm³/mol. The Morgan fingerprint density at radius 1 is 1.24 bits per heavy atom. The highest BCUT2D eigenvalue weighted by Gasteiger charge is 2.29. The Hall–Kier alpha value is -1.26. The van der Waals surface area contributed by atoms with Crippen LogP contribution in [-0.2, 0) is 4.79 Å². The summed E-state index contributed by atoms with van der Waals surface area (Å²) < 4.78 is 5.81. The number of carbonyl (C=O) groups excluding carboxylic acids is 1. The van der Waals surface area contributed by atoms with Crippen LogP contribution in [0, 0.1) is 11.8 Å². The molecule has 0 unspecified atom stereocenters. The van der Waals surface area contributed by atoms with Crippen LogP contribution >= 0.6 is 11.6 Å². The zero-order chi connectivity index (χ0) is 18.4. The van der Waals surface area contributed by atoms with Gasteiger partial charge >= 0.3 is 0 Å². The van der Waals surface area contributed by atoms with Crippen LogP contribution in [0.25, 0.3) is 0 Å². The molecular formula is C20H31ClN2O2. The number of ether oxygens (including phenoxy) is 1. The van der Waals surface area contributed by atoms with Crippen molar-refractivity contribution in [2.75, 3.05) is 26.2 Å². The fourth-order valence-corrected chi connectivity index (χ4v) is 3.66. The van der Waals surface area contributed by atoms with Crippen molar-refractivity contribution in [1.82, 2.24) is 10.2 Å². The molecule has 1 saturated heterocycles. The highest BCUT2D eigenvalue weighted by molar-refractivity contribution is 6.30. The second-order valence-corrected chi connectivity index (χ2v) is 8.32. The van der Waals surface area contributed by atoms with Gasteiger partial charge in [-0.1, -0.05) is 25.4 Å². The molecule has 1 heterocycles. The molecule has 0 radical (unpaired) electrons. The van der Waals surface area contributed by atoms with E-state index in [1.165, 1.54) is 19.5 Å². The molecular weight excluding hydrogens is 336 g/mol. The molecule has 0 saturated carbocycles. The largest absolute Gasteiger partial charge is 0.478 e. The van der Waals surface area contributed by atoms with E-state index in [0.29, 0.717) is 17.3 Å². The minimum atomic E-state index is -0.915. The van der Waals surface area contributed by atoms with Crippen LogP contribution in [0.5, 0.6) is 5.75 Å². The molecule has 2 atom stereocenters. The highest BCUT2D eigenvalue weighted by Crippen LogP contribution is 2.22. The maximum atomic E-state index is 12.4. The van der Waals surface area contributed by atoms with Crippen molar-refractivity contribution in [2.24, 2.45) is 11.8 Å². The molecule has 1 N–H and O–H groups in total. The molecule has 0 spiro atoms.